The fourth-order valence-electron chi connectivity index (χ4n) is 2.64. The lowest BCUT2D eigenvalue weighted by Crippen LogP contribution is -2.23. The van der Waals surface area contributed by atoms with Gasteiger partial charge in [0.1, 0.15) is 17.4 Å². The third-order valence-corrected chi connectivity index (χ3v) is 4.01. The van der Waals surface area contributed by atoms with Crippen LogP contribution >= 0.6 is 0 Å². The number of halogens is 2. The van der Waals surface area contributed by atoms with Crippen LogP contribution in [0, 0.1) is 11.6 Å². The number of Topliss-reactive ketones (excluding diaryl/α,β-unsaturated/α-hetero) is 1. The maximum absolute atomic E-state index is 13.6. The van der Waals surface area contributed by atoms with E-state index in [-0.39, 0.29) is 17.8 Å². The number of hydrogen-bond acceptors (Lipinski definition) is 1. The Labute approximate surface area is 116 Å². The van der Waals surface area contributed by atoms with Gasteiger partial charge in [0.15, 0.2) is 0 Å². The fraction of sp³-hybridized carbons (Fsp3) is 0.235. The molecule has 0 spiro atoms. The van der Waals surface area contributed by atoms with Gasteiger partial charge in [0, 0.05) is 12.0 Å². The van der Waals surface area contributed by atoms with E-state index in [0.29, 0.717) is 0 Å². The number of carbonyl (C=O) groups excluding carboxylic acids is 1. The third kappa shape index (κ3) is 2.13. The molecular weight excluding hydrogens is 258 g/mol. The van der Waals surface area contributed by atoms with Crippen LogP contribution in [0.1, 0.15) is 24.0 Å². The molecule has 0 bridgehead atoms. The highest BCUT2D eigenvalue weighted by atomic mass is 19.1. The van der Waals surface area contributed by atoms with Gasteiger partial charge in [0.05, 0.1) is 5.41 Å². The minimum atomic E-state index is -0.651. The molecular formula is C17H14F2O. The zero-order chi connectivity index (χ0) is 14.2. The summed E-state index contributed by atoms with van der Waals surface area (Å²) in [6.07, 6.45) is 1.32. The van der Waals surface area contributed by atoms with Crippen molar-refractivity contribution in [3.8, 4) is 0 Å². The van der Waals surface area contributed by atoms with E-state index in [1.165, 1.54) is 18.2 Å². The first-order valence-electron chi connectivity index (χ1n) is 6.65. The summed E-state index contributed by atoms with van der Waals surface area (Å²) in [5, 5.41) is 0. The summed E-state index contributed by atoms with van der Waals surface area (Å²) in [6.45, 7) is 0. The first-order valence-corrected chi connectivity index (χ1v) is 6.65. The highest BCUT2D eigenvalue weighted by Crippen LogP contribution is 2.49. The van der Waals surface area contributed by atoms with E-state index in [2.05, 4.69) is 0 Å². The molecule has 3 heteroatoms. The minimum Gasteiger partial charge on any atom is -0.298 e. The standard InChI is InChI=1S/C17H14F2O/c18-14-7-4-8-15(19)13(14)11-16(20)17(9-10-17)12-5-2-1-3-6-12/h1-8H,9-11H2. The average Bonchev–Trinajstić information content (AvgIpc) is 3.25. The number of ketones is 1. The summed E-state index contributed by atoms with van der Waals surface area (Å²) >= 11 is 0. The van der Waals surface area contributed by atoms with Crippen molar-refractivity contribution in [3.05, 3.63) is 71.3 Å². The molecule has 0 unspecified atom stereocenters. The molecule has 0 aromatic heterocycles. The number of benzene rings is 2. The third-order valence-electron chi connectivity index (χ3n) is 4.01. The van der Waals surface area contributed by atoms with Crippen molar-refractivity contribution in [1.82, 2.24) is 0 Å². The fourth-order valence-corrected chi connectivity index (χ4v) is 2.64. The van der Waals surface area contributed by atoms with Crippen LogP contribution in [-0.2, 0) is 16.6 Å². The predicted octanol–water partition coefficient (Wildman–Crippen LogP) is 3.81. The lowest BCUT2D eigenvalue weighted by atomic mass is 9.88. The van der Waals surface area contributed by atoms with Gasteiger partial charge >= 0.3 is 0 Å². The van der Waals surface area contributed by atoms with E-state index < -0.39 is 17.0 Å². The molecule has 1 fully saturated rings. The molecule has 0 N–H and O–H groups in total. The van der Waals surface area contributed by atoms with Crippen molar-refractivity contribution in [2.45, 2.75) is 24.7 Å². The van der Waals surface area contributed by atoms with Gasteiger partial charge in [0.2, 0.25) is 0 Å². The van der Waals surface area contributed by atoms with Crippen LogP contribution in [0.3, 0.4) is 0 Å². The molecule has 102 valence electrons. The van der Waals surface area contributed by atoms with Crippen LogP contribution in [0.2, 0.25) is 0 Å². The van der Waals surface area contributed by atoms with Gasteiger partial charge in [-0.2, -0.15) is 0 Å². The topological polar surface area (TPSA) is 17.1 Å². The van der Waals surface area contributed by atoms with Gasteiger partial charge in [-0.05, 0) is 30.5 Å². The van der Waals surface area contributed by atoms with E-state index in [9.17, 15) is 13.6 Å². The number of hydrogen-bond donors (Lipinski definition) is 0. The van der Waals surface area contributed by atoms with Gasteiger partial charge in [-0.3, -0.25) is 4.79 Å². The lowest BCUT2D eigenvalue weighted by molar-refractivity contribution is -0.120. The maximum Gasteiger partial charge on any atom is 0.147 e. The van der Waals surface area contributed by atoms with Crippen LogP contribution < -0.4 is 0 Å². The molecule has 0 aliphatic heterocycles. The van der Waals surface area contributed by atoms with Crippen molar-refractivity contribution in [2.75, 3.05) is 0 Å². The van der Waals surface area contributed by atoms with Crippen molar-refractivity contribution >= 4 is 5.78 Å². The normalized spacial score (nSPS) is 15.9. The van der Waals surface area contributed by atoms with Crippen LogP contribution in [0.4, 0.5) is 8.78 Å². The molecule has 1 aliphatic rings. The molecule has 0 atom stereocenters. The molecule has 2 aromatic rings. The van der Waals surface area contributed by atoms with Crippen molar-refractivity contribution in [1.29, 1.82) is 0 Å². The molecule has 20 heavy (non-hydrogen) atoms. The zero-order valence-electron chi connectivity index (χ0n) is 10.9. The van der Waals surface area contributed by atoms with Crippen molar-refractivity contribution < 1.29 is 13.6 Å². The van der Waals surface area contributed by atoms with E-state index in [1.54, 1.807) is 0 Å². The van der Waals surface area contributed by atoms with E-state index in [4.69, 9.17) is 0 Å². The largest absolute Gasteiger partial charge is 0.298 e. The Bertz CT molecular complexity index is 625. The van der Waals surface area contributed by atoms with Crippen LogP contribution in [-0.4, -0.2) is 5.78 Å². The van der Waals surface area contributed by atoms with Crippen molar-refractivity contribution in [2.24, 2.45) is 0 Å². The SMILES string of the molecule is O=C(Cc1c(F)cccc1F)C1(c2ccccc2)CC1. The predicted molar refractivity (Wildman–Crippen MR) is 72.4 cm³/mol. The summed E-state index contributed by atoms with van der Waals surface area (Å²) in [6, 6.07) is 13.1. The molecule has 0 saturated heterocycles. The summed E-state index contributed by atoms with van der Waals surface area (Å²) in [5.74, 6) is -1.41. The number of rotatable bonds is 4. The second-order valence-corrected chi connectivity index (χ2v) is 5.25. The van der Waals surface area contributed by atoms with E-state index in [1.807, 2.05) is 30.3 Å². The Kier molecular flexibility index (Phi) is 3.13. The Morgan fingerprint density at radius 1 is 0.950 bits per heavy atom. The zero-order valence-corrected chi connectivity index (χ0v) is 10.9. The molecule has 0 radical (unpaired) electrons. The highest BCUT2D eigenvalue weighted by Gasteiger charge is 2.50. The lowest BCUT2D eigenvalue weighted by Gasteiger charge is -2.15. The Hall–Kier alpha value is -2.03. The summed E-state index contributed by atoms with van der Waals surface area (Å²) in [7, 11) is 0. The van der Waals surface area contributed by atoms with Gasteiger partial charge in [-0.25, -0.2) is 8.78 Å². The second kappa shape index (κ2) is 4.82. The summed E-state index contributed by atoms with van der Waals surface area (Å²) < 4.78 is 27.3. The summed E-state index contributed by atoms with van der Waals surface area (Å²) in [4.78, 5) is 12.5. The van der Waals surface area contributed by atoms with E-state index >= 15 is 0 Å². The molecule has 1 aliphatic carbocycles. The first kappa shape index (κ1) is 13.0. The van der Waals surface area contributed by atoms with Crippen LogP contribution in [0.25, 0.3) is 0 Å². The molecule has 1 nitrogen and oxygen atoms in total. The van der Waals surface area contributed by atoms with Gasteiger partial charge in [-0.15, -0.1) is 0 Å². The molecule has 1 saturated carbocycles. The minimum absolute atomic E-state index is 0.104. The molecule has 0 heterocycles. The Morgan fingerprint density at radius 2 is 1.55 bits per heavy atom. The molecule has 3 rings (SSSR count). The van der Waals surface area contributed by atoms with Gasteiger partial charge in [0.25, 0.3) is 0 Å². The molecule has 0 amide bonds. The highest BCUT2D eigenvalue weighted by molar-refractivity contribution is 5.94. The first-order chi connectivity index (χ1) is 9.63. The van der Waals surface area contributed by atoms with Crippen LogP contribution in [0.5, 0.6) is 0 Å². The Balaban J connectivity index is 1.88. The summed E-state index contributed by atoms with van der Waals surface area (Å²) in [5.41, 5.74) is 0.289. The quantitative estimate of drug-likeness (QED) is 0.827. The monoisotopic (exact) mass is 272 g/mol. The van der Waals surface area contributed by atoms with Gasteiger partial charge in [-0.1, -0.05) is 36.4 Å². The van der Waals surface area contributed by atoms with Crippen molar-refractivity contribution in [3.63, 3.8) is 0 Å². The maximum atomic E-state index is 13.6. The second-order valence-electron chi connectivity index (χ2n) is 5.25. The smallest absolute Gasteiger partial charge is 0.147 e. The average molecular weight is 272 g/mol. The Morgan fingerprint density at radius 3 is 2.10 bits per heavy atom. The number of carbonyl (C=O) groups is 1. The van der Waals surface area contributed by atoms with Crippen LogP contribution in [0.15, 0.2) is 48.5 Å². The van der Waals surface area contributed by atoms with Gasteiger partial charge < -0.3 is 0 Å². The van der Waals surface area contributed by atoms with E-state index in [0.717, 1.165) is 18.4 Å². The molecule has 2 aromatic carbocycles.